The Morgan fingerprint density at radius 1 is 1.12 bits per heavy atom. The highest BCUT2D eigenvalue weighted by atomic mass is 15.1. The third-order valence-corrected chi connectivity index (χ3v) is 4.09. The van der Waals surface area contributed by atoms with E-state index in [-0.39, 0.29) is 0 Å². The van der Waals surface area contributed by atoms with Gasteiger partial charge in [0.2, 0.25) is 0 Å². The average Bonchev–Trinajstić information content (AvgIpc) is 2.41. The van der Waals surface area contributed by atoms with Crippen molar-refractivity contribution in [2.24, 2.45) is 5.92 Å². The Hall–Kier alpha value is -0.340. The molecule has 1 aliphatic heterocycles. The molecule has 98 valence electrons. The molecule has 2 rings (SSSR count). The van der Waals surface area contributed by atoms with Gasteiger partial charge in [0.1, 0.15) is 0 Å². The van der Waals surface area contributed by atoms with Crippen LogP contribution >= 0.6 is 0 Å². The summed E-state index contributed by atoms with van der Waals surface area (Å²) < 4.78 is 0. The van der Waals surface area contributed by atoms with Crippen LogP contribution in [0.4, 0.5) is 0 Å². The van der Waals surface area contributed by atoms with Crippen molar-refractivity contribution < 1.29 is 0 Å². The largest absolute Gasteiger partial charge is 0.316 e. The van der Waals surface area contributed by atoms with Crippen molar-refractivity contribution in [1.82, 2.24) is 10.2 Å². The molecule has 1 atom stereocenters. The van der Waals surface area contributed by atoms with Crippen molar-refractivity contribution in [3.63, 3.8) is 0 Å². The number of nitrogens with zero attached hydrogens (tertiary/aromatic N) is 1. The van der Waals surface area contributed by atoms with Gasteiger partial charge < -0.3 is 10.2 Å². The maximum atomic E-state index is 3.63. The van der Waals surface area contributed by atoms with E-state index in [1.807, 2.05) is 0 Å². The van der Waals surface area contributed by atoms with E-state index < -0.39 is 0 Å². The molecule has 2 heteroatoms. The molecule has 1 aliphatic carbocycles. The summed E-state index contributed by atoms with van der Waals surface area (Å²) in [4.78, 5) is 2.63. The van der Waals surface area contributed by atoms with Gasteiger partial charge in [-0.3, -0.25) is 0 Å². The lowest BCUT2D eigenvalue weighted by atomic mass is 9.94. The monoisotopic (exact) mass is 236 g/mol. The summed E-state index contributed by atoms with van der Waals surface area (Å²) in [6, 6.07) is 0. The molecule has 1 unspecified atom stereocenters. The second-order valence-electron chi connectivity index (χ2n) is 5.61. The zero-order valence-electron chi connectivity index (χ0n) is 11.2. The number of hydrogen-bond donors (Lipinski definition) is 1. The normalized spacial score (nSPS) is 26.2. The molecule has 0 aromatic carbocycles. The van der Waals surface area contributed by atoms with E-state index in [1.165, 1.54) is 77.7 Å². The van der Waals surface area contributed by atoms with Crippen LogP contribution in [-0.4, -0.2) is 37.6 Å². The summed E-state index contributed by atoms with van der Waals surface area (Å²) in [6.45, 7) is 6.42. The number of allylic oxidation sites excluding steroid dienone is 2. The number of likely N-dealkylation sites (tertiary alicyclic amines) is 1. The van der Waals surface area contributed by atoms with E-state index in [0.29, 0.717) is 0 Å². The van der Waals surface area contributed by atoms with Gasteiger partial charge in [-0.1, -0.05) is 18.6 Å². The van der Waals surface area contributed by atoms with Gasteiger partial charge in [-0.05, 0) is 77.2 Å². The van der Waals surface area contributed by atoms with Gasteiger partial charge in [-0.25, -0.2) is 0 Å². The number of hydrogen-bond acceptors (Lipinski definition) is 2. The molecule has 0 radical (unpaired) electrons. The van der Waals surface area contributed by atoms with Gasteiger partial charge in [0.15, 0.2) is 0 Å². The lowest BCUT2D eigenvalue weighted by Crippen LogP contribution is -2.33. The first-order valence-electron chi connectivity index (χ1n) is 7.53. The first-order chi connectivity index (χ1) is 8.45. The van der Waals surface area contributed by atoms with Crippen LogP contribution in [0, 0.1) is 5.92 Å². The van der Waals surface area contributed by atoms with E-state index in [4.69, 9.17) is 0 Å². The zero-order valence-corrected chi connectivity index (χ0v) is 11.2. The Balaban J connectivity index is 1.44. The van der Waals surface area contributed by atoms with Crippen molar-refractivity contribution in [2.75, 3.05) is 32.7 Å². The first-order valence-corrected chi connectivity index (χ1v) is 7.53. The Labute approximate surface area is 106 Å². The minimum absolute atomic E-state index is 0.898. The maximum Gasteiger partial charge on any atom is -0.000664 e. The fraction of sp³-hybridized carbons (Fsp3) is 0.867. The fourth-order valence-corrected chi connectivity index (χ4v) is 2.96. The summed E-state index contributed by atoms with van der Waals surface area (Å²) in [5.74, 6) is 0.898. The molecule has 17 heavy (non-hydrogen) atoms. The van der Waals surface area contributed by atoms with E-state index in [0.717, 1.165) is 5.92 Å². The maximum absolute atomic E-state index is 3.63. The van der Waals surface area contributed by atoms with E-state index in [1.54, 1.807) is 0 Å². The van der Waals surface area contributed by atoms with Crippen LogP contribution in [0.3, 0.4) is 0 Å². The summed E-state index contributed by atoms with van der Waals surface area (Å²) in [6.07, 6.45) is 14.3. The van der Waals surface area contributed by atoms with Crippen LogP contribution < -0.4 is 5.32 Å². The molecule has 0 spiro atoms. The van der Waals surface area contributed by atoms with Crippen molar-refractivity contribution in [3.05, 3.63) is 12.2 Å². The Bertz CT molecular complexity index is 219. The number of nitrogens with one attached hydrogen (secondary N) is 1. The Morgan fingerprint density at radius 2 is 2.00 bits per heavy atom. The molecule has 2 nitrogen and oxygen atoms in total. The highest BCUT2D eigenvalue weighted by molar-refractivity contribution is 4.90. The Morgan fingerprint density at radius 3 is 2.76 bits per heavy atom. The van der Waals surface area contributed by atoms with Crippen molar-refractivity contribution in [1.29, 1.82) is 0 Å². The van der Waals surface area contributed by atoms with Crippen LogP contribution in [0.1, 0.15) is 44.9 Å². The molecule has 1 heterocycles. The summed E-state index contributed by atoms with van der Waals surface area (Å²) in [7, 11) is 0. The third-order valence-electron chi connectivity index (χ3n) is 4.09. The zero-order chi connectivity index (χ0) is 11.8. The molecule has 1 saturated heterocycles. The van der Waals surface area contributed by atoms with Crippen LogP contribution in [-0.2, 0) is 0 Å². The molecule has 0 saturated carbocycles. The lowest BCUT2D eigenvalue weighted by Gasteiger charge is -2.26. The van der Waals surface area contributed by atoms with E-state index >= 15 is 0 Å². The second-order valence-corrected chi connectivity index (χ2v) is 5.61. The molecule has 2 aliphatic rings. The van der Waals surface area contributed by atoms with Crippen molar-refractivity contribution in [2.45, 2.75) is 44.9 Å². The summed E-state index contributed by atoms with van der Waals surface area (Å²) in [5.41, 5.74) is 0. The standard InChI is InChI=1S/C15H28N2/c1-3-8-15(9-4-1)14-16-10-7-13-17-11-5-2-6-12-17/h1,3,15-16H,2,4-14H2. The van der Waals surface area contributed by atoms with Gasteiger partial charge in [0, 0.05) is 0 Å². The Kier molecular flexibility index (Phi) is 6.08. The SMILES string of the molecule is C1=CCC(CNCCCN2CCCCC2)CC1. The van der Waals surface area contributed by atoms with Crippen LogP contribution in [0.2, 0.25) is 0 Å². The predicted molar refractivity (Wildman–Crippen MR) is 74.3 cm³/mol. The van der Waals surface area contributed by atoms with E-state index in [9.17, 15) is 0 Å². The van der Waals surface area contributed by atoms with Crippen molar-refractivity contribution in [3.8, 4) is 0 Å². The second kappa shape index (κ2) is 7.88. The first kappa shape index (κ1) is 13.1. The minimum atomic E-state index is 0.898. The average molecular weight is 236 g/mol. The van der Waals surface area contributed by atoms with E-state index in [2.05, 4.69) is 22.4 Å². The quantitative estimate of drug-likeness (QED) is 0.563. The molecule has 0 aromatic heterocycles. The van der Waals surface area contributed by atoms with Gasteiger partial charge in [0.25, 0.3) is 0 Å². The minimum Gasteiger partial charge on any atom is -0.316 e. The van der Waals surface area contributed by atoms with Gasteiger partial charge >= 0.3 is 0 Å². The topological polar surface area (TPSA) is 15.3 Å². The molecule has 0 bridgehead atoms. The number of piperidine rings is 1. The molecule has 1 N–H and O–H groups in total. The van der Waals surface area contributed by atoms with Gasteiger partial charge in [-0.15, -0.1) is 0 Å². The fourth-order valence-electron chi connectivity index (χ4n) is 2.96. The van der Waals surface area contributed by atoms with Gasteiger partial charge in [0.05, 0.1) is 0 Å². The summed E-state index contributed by atoms with van der Waals surface area (Å²) >= 11 is 0. The van der Waals surface area contributed by atoms with Crippen LogP contribution in [0.25, 0.3) is 0 Å². The van der Waals surface area contributed by atoms with Crippen molar-refractivity contribution >= 4 is 0 Å². The molecular weight excluding hydrogens is 208 g/mol. The molecule has 1 fully saturated rings. The third kappa shape index (κ3) is 5.22. The summed E-state index contributed by atoms with van der Waals surface area (Å²) in [5, 5.41) is 3.63. The lowest BCUT2D eigenvalue weighted by molar-refractivity contribution is 0.225. The van der Waals surface area contributed by atoms with Crippen LogP contribution in [0.5, 0.6) is 0 Å². The predicted octanol–water partition coefficient (Wildman–Crippen LogP) is 2.81. The highest BCUT2D eigenvalue weighted by Crippen LogP contribution is 2.16. The highest BCUT2D eigenvalue weighted by Gasteiger charge is 2.10. The molecule has 0 aromatic rings. The smallest absolute Gasteiger partial charge is 0.000664 e. The van der Waals surface area contributed by atoms with Crippen LogP contribution in [0.15, 0.2) is 12.2 Å². The number of rotatable bonds is 6. The van der Waals surface area contributed by atoms with Gasteiger partial charge in [-0.2, -0.15) is 0 Å². The molecule has 0 amide bonds. The molecular formula is C15H28N2.